The Labute approximate surface area is 254 Å². The van der Waals surface area contributed by atoms with Crippen LogP contribution in [0.4, 0.5) is 0 Å². The van der Waals surface area contributed by atoms with Crippen LogP contribution in [0.25, 0.3) is 0 Å². The molecule has 2 aliphatic heterocycles. The molecule has 236 valence electrons. The van der Waals surface area contributed by atoms with Crippen LogP contribution in [0.15, 0.2) is 36.4 Å². The van der Waals surface area contributed by atoms with Gasteiger partial charge < -0.3 is 28.4 Å². The Morgan fingerprint density at radius 1 is 0.667 bits per heavy atom. The molecule has 2 heterocycles. The van der Waals surface area contributed by atoms with Crippen LogP contribution in [-0.4, -0.2) is 76.6 Å². The Balaban J connectivity index is 0.000000230. The van der Waals surface area contributed by atoms with Gasteiger partial charge >= 0.3 is 0 Å². The van der Waals surface area contributed by atoms with Gasteiger partial charge in [-0.25, -0.2) is 0 Å². The highest BCUT2D eigenvalue weighted by Crippen LogP contribution is 2.44. The van der Waals surface area contributed by atoms with Gasteiger partial charge in [0.25, 0.3) is 0 Å². The maximum atomic E-state index is 6.22. The first-order valence-corrected chi connectivity index (χ1v) is 15.1. The van der Waals surface area contributed by atoms with Crippen LogP contribution in [0.3, 0.4) is 0 Å². The van der Waals surface area contributed by atoms with Gasteiger partial charge in [0.15, 0.2) is 0 Å². The molecule has 2 aromatic rings. The zero-order valence-electron chi connectivity index (χ0n) is 27.8. The van der Waals surface area contributed by atoms with Crippen molar-refractivity contribution in [2.75, 3.05) is 42.5 Å². The van der Waals surface area contributed by atoms with Gasteiger partial charge in [-0.1, -0.05) is 33.8 Å². The number of hydrogen-bond donors (Lipinski definition) is 0. The smallest absolute Gasteiger partial charge is 0.144 e. The van der Waals surface area contributed by atoms with Gasteiger partial charge in [-0.2, -0.15) is 0 Å². The van der Waals surface area contributed by atoms with E-state index in [0.717, 1.165) is 47.0 Å². The first-order chi connectivity index (χ1) is 20.0. The third-order valence-corrected chi connectivity index (χ3v) is 8.40. The summed E-state index contributed by atoms with van der Waals surface area (Å²) >= 11 is 0. The van der Waals surface area contributed by atoms with Crippen LogP contribution >= 0.6 is 0 Å². The summed E-state index contributed by atoms with van der Waals surface area (Å²) < 4.78 is 34.2. The van der Waals surface area contributed by atoms with Crippen LogP contribution < -0.4 is 18.9 Å². The maximum Gasteiger partial charge on any atom is 0.144 e. The summed E-state index contributed by atoms with van der Waals surface area (Å²) in [5.41, 5.74) is 2.03. The summed E-state index contributed by atoms with van der Waals surface area (Å²) in [6.07, 6.45) is 2.46. The first kappa shape index (κ1) is 34.0. The molecule has 2 aromatic carbocycles. The predicted octanol–water partition coefficient (Wildman–Crippen LogP) is 6.94. The van der Waals surface area contributed by atoms with Crippen molar-refractivity contribution in [1.82, 2.24) is 9.80 Å². The third kappa shape index (κ3) is 7.70. The molecule has 4 unspecified atom stereocenters. The van der Waals surface area contributed by atoms with Crippen LogP contribution in [-0.2, 0) is 9.47 Å². The average Bonchev–Trinajstić information content (AvgIpc) is 3.40. The number of rotatable bonds is 10. The van der Waals surface area contributed by atoms with Crippen LogP contribution in [0.1, 0.15) is 78.0 Å². The van der Waals surface area contributed by atoms with E-state index in [1.807, 2.05) is 36.4 Å². The third-order valence-electron chi connectivity index (χ3n) is 8.40. The minimum absolute atomic E-state index is 0.0652. The monoisotopic (exact) mass is 586 g/mol. The number of likely N-dealkylation sites (N-methyl/N-ethyl adjacent to an activating group) is 2. The summed E-state index contributed by atoms with van der Waals surface area (Å²) in [5.74, 6) is 4.51. The second kappa shape index (κ2) is 15.3. The van der Waals surface area contributed by atoms with E-state index in [1.54, 1.807) is 28.4 Å². The van der Waals surface area contributed by atoms with E-state index in [-0.39, 0.29) is 24.7 Å². The lowest BCUT2D eigenvalue weighted by Crippen LogP contribution is -2.33. The van der Waals surface area contributed by atoms with Crippen molar-refractivity contribution in [1.29, 1.82) is 0 Å². The van der Waals surface area contributed by atoms with E-state index in [9.17, 15) is 0 Å². The van der Waals surface area contributed by atoms with Gasteiger partial charge in [-0.15, -0.1) is 0 Å². The lowest BCUT2D eigenvalue weighted by Gasteiger charge is -2.27. The topological polar surface area (TPSA) is 61.9 Å². The van der Waals surface area contributed by atoms with Crippen molar-refractivity contribution in [3.05, 3.63) is 47.5 Å². The zero-order chi connectivity index (χ0) is 31.1. The normalized spacial score (nSPS) is 26.3. The standard InChI is InChI=1S/2C17H27NO3/c1-11(2)9-15-12(3)21-17(18(15)4)14-8-7-13(19-5)10-16(14)20-6;1-11(2)10-13-12(3)21-17(18(13)4)16-14(19-5)8-7-9-15(16)20-6/h7-8,10-12,15,17H,9H2,1-6H3;7-9,11-13,17H,10H2,1-6H3/t12-,15?,17?;12-,13?,17?/m00/s1. The molecule has 0 aliphatic carbocycles. The van der Waals surface area contributed by atoms with Gasteiger partial charge in [-0.3, -0.25) is 9.80 Å². The molecule has 8 nitrogen and oxygen atoms in total. The fourth-order valence-electron chi connectivity index (χ4n) is 6.18. The van der Waals surface area contributed by atoms with Crippen molar-refractivity contribution in [3.8, 4) is 23.0 Å². The summed E-state index contributed by atoms with van der Waals surface area (Å²) in [4.78, 5) is 4.61. The lowest BCUT2D eigenvalue weighted by atomic mass is 9.99. The van der Waals surface area contributed by atoms with Crippen molar-refractivity contribution in [2.24, 2.45) is 11.8 Å². The minimum Gasteiger partial charge on any atom is -0.497 e. The first-order valence-electron chi connectivity index (χ1n) is 15.1. The highest BCUT2D eigenvalue weighted by molar-refractivity contribution is 5.46. The molecule has 0 saturated carbocycles. The molecule has 42 heavy (non-hydrogen) atoms. The molecule has 6 atom stereocenters. The number of hydrogen-bond acceptors (Lipinski definition) is 8. The van der Waals surface area contributed by atoms with Gasteiger partial charge in [0.05, 0.1) is 46.2 Å². The second-order valence-corrected chi connectivity index (χ2v) is 12.3. The van der Waals surface area contributed by atoms with Gasteiger partial charge in [0, 0.05) is 23.7 Å². The van der Waals surface area contributed by atoms with Gasteiger partial charge in [0.1, 0.15) is 35.5 Å². The fourth-order valence-corrected chi connectivity index (χ4v) is 6.18. The predicted molar refractivity (Wildman–Crippen MR) is 168 cm³/mol. The number of nitrogens with zero attached hydrogens (tertiary/aromatic N) is 2. The van der Waals surface area contributed by atoms with E-state index in [2.05, 4.69) is 65.4 Å². The van der Waals surface area contributed by atoms with Crippen LogP contribution in [0.2, 0.25) is 0 Å². The van der Waals surface area contributed by atoms with E-state index in [4.69, 9.17) is 28.4 Å². The molecule has 0 bridgehead atoms. The van der Waals surface area contributed by atoms with Crippen molar-refractivity contribution >= 4 is 0 Å². The van der Waals surface area contributed by atoms with E-state index >= 15 is 0 Å². The Hall–Kier alpha value is -2.52. The molecule has 2 fully saturated rings. The summed E-state index contributed by atoms with van der Waals surface area (Å²) in [6.45, 7) is 13.3. The fraction of sp³-hybridized carbons (Fsp3) is 0.647. The number of benzene rings is 2. The molecular formula is C34H54N2O6. The Morgan fingerprint density at radius 3 is 1.60 bits per heavy atom. The Bertz CT molecular complexity index is 1100. The van der Waals surface area contributed by atoms with Crippen molar-refractivity contribution < 1.29 is 28.4 Å². The molecular weight excluding hydrogens is 532 g/mol. The molecule has 0 spiro atoms. The molecule has 2 saturated heterocycles. The Morgan fingerprint density at radius 2 is 1.14 bits per heavy atom. The second-order valence-electron chi connectivity index (χ2n) is 12.3. The summed E-state index contributed by atoms with van der Waals surface area (Å²) in [7, 11) is 11.0. The SMILES string of the molecule is COc1ccc(C2O[C@@H](C)C(CC(C)C)N2C)c(OC)c1.COc1cccc(OC)c1C1O[C@@H](C)C(CC(C)C)N1C. The molecule has 0 amide bonds. The molecule has 8 heteroatoms. The molecule has 4 rings (SSSR count). The highest BCUT2D eigenvalue weighted by atomic mass is 16.5. The highest BCUT2D eigenvalue weighted by Gasteiger charge is 2.41. The molecule has 0 N–H and O–H groups in total. The summed E-state index contributed by atoms with van der Waals surface area (Å²) in [5, 5.41) is 0. The van der Waals surface area contributed by atoms with E-state index in [1.165, 1.54) is 0 Å². The summed E-state index contributed by atoms with van der Waals surface area (Å²) in [6, 6.07) is 12.6. The number of methoxy groups -OCH3 is 4. The lowest BCUT2D eigenvalue weighted by molar-refractivity contribution is 0.00998. The largest absolute Gasteiger partial charge is 0.497 e. The quantitative estimate of drug-likeness (QED) is 0.297. The van der Waals surface area contributed by atoms with Crippen LogP contribution in [0.5, 0.6) is 23.0 Å². The van der Waals surface area contributed by atoms with Crippen molar-refractivity contribution in [2.45, 2.75) is 91.1 Å². The van der Waals surface area contributed by atoms with E-state index in [0.29, 0.717) is 23.9 Å². The maximum absolute atomic E-state index is 6.22. The van der Waals surface area contributed by atoms with Crippen LogP contribution in [0, 0.1) is 11.8 Å². The van der Waals surface area contributed by atoms with Crippen molar-refractivity contribution in [3.63, 3.8) is 0 Å². The van der Waals surface area contributed by atoms with E-state index < -0.39 is 0 Å². The molecule has 0 radical (unpaired) electrons. The molecule has 0 aromatic heterocycles. The van der Waals surface area contributed by atoms with Gasteiger partial charge in [0.2, 0.25) is 0 Å². The number of ether oxygens (including phenoxy) is 6. The Kier molecular flexibility index (Phi) is 12.4. The minimum atomic E-state index is -0.130. The zero-order valence-corrected chi connectivity index (χ0v) is 27.8. The average molecular weight is 587 g/mol. The van der Waals surface area contributed by atoms with Gasteiger partial charge in [-0.05, 0) is 76.9 Å². The molecule has 2 aliphatic rings.